The Morgan fingerprint density at radius 1 is 1.36 bits per heavy atom. The summed E-state index contributed by atoms with van der Waals surface area (Å²) < 4.78 is 4.96. The lowest BCUT2D eigenvalue weighted by molar-refractivity contribution is -0.133. The Morgan fingerprint density at radius 2 is 2.07 bits per heavy atom. The molecule has 0 bridgehead atoms. The monoisotopic (exact) mass is 193 g/mol. The van der Waals surface area contributed by atoms with Crippen molar-refractivity contribution in [1.82, 2.24) is 0 Å². The van der Waals surface area contributed by atoms with Crippen LogP contribution in [0, 0.1) is 0 Å². The molecule has 0 aromatic heterocycles. The topological polar surface area (TPSA) is 55.4 Å². The van der Waals surface area contributed by atoms with Crippen molar-refractivity contribution in [3.63, 3.8) is 0 Å². The number of hydrogen-bond acceptors (Lipinski definition) is 3. The lowest BCUT2D eigenvalue weighted by atomic mass is 10.3. The van der Waals surface area contributed by atoms with Crippen molar-refractivity contribution in [3.05, 3.63) is 24.3 Å². The maximum absolute atomic E-state index is 11.0. The van der Waals surface area contributed by atoms with Crippen LogP contribution in [0.25, 0.3) is 0 Å². The van der Waals surface area contributed by atoms with Crippen molar-refractivity contribution in [2.24, 2.45) is 0 Å². The van der Waals surface area contributed by atoms with Gasteiger partial charge < -0.3 is 10.1 Å². The zero-order valence-electron chi connectivity index (χ0n) is 8.03. The fraction of sp³-hybridized carbons (Fsp3) is 0.200. The second kappa shape index (κ2) is 4.41. The van der Waals surface area contributed by atoms with E-state index in [-0.39, 0.29) is 0 Å². The van der Waals surface area contributed by atoms with Crippen molar-refractivity contribution in [3.8, 4) is 5.75 Å². The van der Waals surface area contributed by atoms with Gasteiger partial charge in [-0.15, -0.1) is 0 Å². The lowest BCUT2D eigenvalue weighted by Gasteiger charge is -2.04. The average molecular weight is 193 g/mol. The van der Waals surface area contributed by atoms with Crippen molar-refractivity contribution in [2.75, 3.05) is 12.4 Å². The van der Waals surface area contributed by atoms with E-state index in [0.29, 0.717) is 11.4 Å². The average Bonchev–Trinajstić information content (AvgIpc) is 2.18. The fourth-order valence-electron chi connectivity index (χ4n) is 0.920. The van der Waals surface area contributed by atoms with E-state index in [1.54, 1.807) is 24.3 Å². The van der Waals surface area contributed by atoms with Gasteiger partial charge in [0.15, 0.2) is 0 Å². The number of benzene rings is 1. The summed E-state index contributed by atoms with van der Waals surface area (Å²) in [6.45, 7) is 1.22. The van der Waals surface area contributed by atoms with E-state index in [9.17, 15) is 9.59 Å². The molecule has 14 heavy (non-hydrogen) atoms. The molecule has 0 unspecified atom stereocenters. The highest BCUT2D eigenvalue weighted by Gasteiger charge is 2.07. The summed E-state index contributed by atoms with van der Waals surface area (Å²) in [4.78, 5) is 21.7. The second-order valence-corrected chi connectivity index (χ2v) is 2.74. The Kier molecular flexibility index (Phi) is 3.23. The zero-order valence-corrected chi connectivity index (χ0v) is 8.03. The molecular weight excluding hydrogens is 182 g/mol. The largest absolute Gasteiger partial charge is 0.497 e. The molecule has 0 aliphatic rings. The van der Waals surface area contributed by atoms with Crippen molar-refractivity contribution in [2.45, 2.75) is 6.92 Å². The van der Waals surface area contributed by atoms with E-state index in [4.69, 9.17) is 4.74 Å². The molecule has 1 aromatic rings. The van der Waals surface area contributed by atoms with E-state index in [0.717, 1.165) is 0 Å². The van der Waals surface area contributed by atoms with E-state index in [1.807, 2.05) is 0 Å². The molecule has 0 saturated carbocycles. The Hall–Kier alpha value is -1.84. The smallest absolute Gasteiger partial charge is 0.291 e. The van der Waals surface area contributed by atoms with Gasteiger partial charge in [0.05, 0.1) is 7.11 Å². The number of amides is 1. The first-order valence-electron chi connectivity index (χ1n) is 4.09. The van der Waals surface area contributed by atoms with Crippen LogP contribution in [0.5, 0.6) is 5.75 Å². The summed E-state index contributed by atoms with van der Waals surface area (Å²) in [6.07, 6.45) is 0. The molecule has 1 N–H and O–H groups in total. The van der Waals surface area contributed by atoms with Crippen LogP contribution in [0.3, 0.4) is 0 Å². The summed E-state index contributed by atoms with van der Waals surface area (Å²) in [5.41, 5.74) is 0.546. The number of hydrogen-bond donors (Lipinski definition) is 1. The molecule has 1 aromatic carbocycles. The molecule has 4 nitrogen and oxygen atoms in total. The first-order chi connectivity index (χ1) is 6.63. The van der Waals surface area contributed by atoms with Gasteiger partial charge in [0.2, 0.25) is 5.78 Å². The van der Waals surface area contributed by atoms with Crippen LogP contribution in [-0.4, -0.2) is 18.8 Å². The predicted molar refractivity (Wildman–Crippen MR) is 52.3 cm³/mol. The highest BCUT2D eigenvalue weighted by atomic mass is 16.5. The summed E-state index contributed by atoms with van der Waals surface area (Å²) in [6, 6.07) is 6.81. The Bertz CT molecular complexity index is 360. The molecular formula is C10H11NO3. The molecule has 1 amide bonds. The number of ketones is 1. The molecule has 0 fully saturated rings. The van der Waals surface area contributed by atoms with Gasteiger partial charge in [-0.05, 0) is 12.1 Å². The third kappa shape index (κ3) is 2.58. The number of anilines is 1. The highest BCUT2D eigenvalue weighted by molar-refractivity contribution is 6.39. The Balaban J connectivity index is 2.76. The SMILES string of the molecule is COc1cccc(NC(=O)C(C)=O)c1. The number of carbonyl (C=O) groups excluding carboxylic acids is 2. The van der Waals surface area contributed by atoms with Crippen LogP contribution in [-0.2, 0) is 9.59 Å². The minimum Gasteiger partial charge on any atom is -0.497 e. The minimum atomic E-state index is -0.627. The molecule has 0 saturated heterocycles. The van der Waals surface area contributed by atoms with Gasteiger partial charge in [0.25, 0.3) is 5.91 Å². The third-order valence-corrected chi connectivity index (χ3v) is 1.65. The van der Waals surface area contributed by atoms with Crippen molar-refractivity contribution in [1.29, 1.82) is 0 Å². The van der Waals surface area contributed by atoms with Gasteiger partial charge in [-0.2, -0.15) is 0 Å². The van der Waals surface area contributed by atoms with Gasteiger partial charge in [-0.1, -0.05) is 6.07 Å². The molecule has 0 radical (unpaired) electrons. The molecule has 0 aliphatic carbocycles. The van der Waals surface area contributed by atoms with Gasteiger partial charge in [0.1, 0.15) is 5.75 Å². The fourth-order valence-corrected chi connectivity index (χ4v) is 0.920. The van der Waals surface area contributed by atoms with Crippen molar-refractivity contribution >= 4 is 17.4 Å². The number of Topliss-reactive ketones (excluding diaryl/α,β-unsaturated/α-hetero) is 1. The lowest BCUT2D eigenvalue weighted by Crippen LogP contribution is -2.19. The van der Waals surface area contributed by atoms with Crippen LogP contribution in [0.1, 0.15) is 6.92 Å². The summed E-state index contributed by atoms with van der Waals surface area (Å²) in [7, 11) is 1.53. The maximum atomic E-state index is 11.0. The number of methoxy groups -OCH3 is 1. The van der Waals surface area contributed by atoms with Crippen LogP contribution < -0.4 is 10.1 Å². The standard InChI is InChI=1S/C10H11NO3/c1-7(12)10(13)11-8-4-3-5-9(6-8)14-2/h3-6H,1-2H3,(H,11,13). The highest BCUT2D eigenvalue weighted by Crippen LogP contribution is 2.16. The summed E-state index contributed by atoms with van der Waals surface area (Å²) in [5.74, 6) is -0.516. The van der Waals surface area contributed by atoms with Gasteiger partial charge >= 0.3 is 0 Å². The van der Waals surface area contributed by atoms with E-state index < -0.39 is 11.7 Å². The predicted octanol–water partition coefficient (Wildman–Crippen LogP) is 1.22. The molecule has 0 aliphatic heterocycles. The van der Waals surface area contributed by atoms with Crippen LogP contribution in [0.15, 0.2) is 24.3 Å². The second-order valence-electron chi connectivity index (χ2n) is 2.74. The van der Waals surface area contributed by atoms with Crippen LogP contribution in [0.2, 0.25) is 0 Å². The van der Waals surface area contributed by atoms with Crippen molar-refractivity contribution < 1.29 is 14.3 Å². The molecule has 74 valence electrons. The molecule has 0 spiro atoms. The van der Waals surface area contributed by atoms with E-state index in [1.165, 1.54) is 14.0 Å². The van der Waals surface area contributed by atoms with E-state index >= 15 is 0 Å². The van der Waals surface area contributed by atoms with Crippen LogP contribution >= 0.6 is 0 Å². The molecule has 0 atom stereocenters. The molecule has 0 heterocycles. The van der Waals surface area contributed by atoms with Gasteiger partial charge in [0, 0.05) is 18.7 Å². The number of ether oxygens (including phenoxy) is 1. The first kappa shape index (κ1) is 10.2. The molecule has 1 rings (SSSR count). The van der Waals surface area contributed by atoms with E-state index in [2.05, 4.69) is 5.32 Å². The number of nitrogens with one attached hydrogen (secondary N) is 1. The summed E-state index contributed by atoms with van der Waals surface area (Å²) in [5, 5.41) is 2.45. The third-order valence-electron chi connectivity index (χ3n) is 1.65. The van der Waals surface area contributed by atoms with Gasteiger partial charge in [-0.25, -0.2) is 0 Å². The Morgan fingerprint density at radius 3 is 2.64 bits per heavy atom. The minimum absolute atomic E-state index is 0.521. The zero-order chi connectivity index (χ0) is 10.6. The normalized spacial score (nSPS) is 9.29. The number of rotatable bonds is 3. The Labute approximate surface area is 81.9 Å². The maximum Gasteiger partial charge on any atom is 0.291 e. The number of carbonyl (C=O) groups is 2. The van der Waals surface area contributed by atoms with Gasteiger partial charge in [-0.3, -0.25) is 9.59 Å². The first-order valence-corrected chi connectivity index (χ1v) is 4.09. The molecule has 4 heteroatoms. The van der Waals surface area contributed by atoms with Crippen LogP contribution in [0.4, 0.5) is 5.69 Å². The quantitative estimate of drug-likeness (QED) is 0.734. The summed E-state index contributed by atoms with van der Waals surface area (Å²) >= 11 is 0.